The molecule has 0 bridgehead atoms. The largest absolute Gasteiger partial charge is 0.393 e. The number of aliphatic hydroxyl groups is 1. The third kappa shape index (κ3) is 1.75. The van der Waals surface area contributed by atoms with Gasteiger partial charge >= 0.3 is 0 Å². The van der Waals surface area contributed by atoms with E-state index in [9.17, 15) is 5.11 Å². The number of rotatable bonds is 1. The van der Waals surface area contributed by atoms with Gasteiger partial charge in [-0.2, -0.15) is 0 Å². The minimum Gasteiger partial charge on any atom is -0.393 e. The Bertz CT molecular complexity index is 305. The first-order valence-corrected chi connectivity index (χ1v) is 6.18. The summed E-state index contributed by atoms with van der Waals surface area (Å²) < 4.78 is 0. The van der Waals surface area contributed by atoms with Crippen LogP contribution in [-0.2, 0) is 0 Å². The Balaban J connectivity index is 1.75. The molecular formula is C15H17O. The normalized spacial score (nSPS) is 36.8. The van der Waals surface area contributed by atoms with Crippen molar-refractivity contribution in [1.29, 1.82) is 0 Å². The Morgan fingerprint density at radius 1 is 1.00 bits per heavy atom. The minimum atomic E-state index is -0.139. The van der Waals surface area contributed by atoms with Crippen molar-refractivity contribution in [3.63, 3.8) is 0 Å². The van der Waals surface area contributed by atoms with Crippen LogP contribution in [-0.4, -0.2) is 11.2 Å². The fraction of sp³-hybridized carbons (Fsp3) is 0.400. The lowest BCUT2D eigenvalue weighted by atomic mass is 9.72. The molecule has 3 rings (SSSR count). The third-order valence-electron chi connectivity index (χ3n) is 3.84. The van der Waals surface area contributed by atoms with Crippen LogP contribution in [0.2, 0.25) is 0 Å². The van der Waals surface area contributed by atoms with Gasteiger partial charge in [0.1, 0.15) is 0 Å². The molecule has 3 aliphatic rings. The molecule has 0 aliphatic heterocycles. The summed E-state index contributed by atoms with van der Waals surface area (Å²) in [7, 11) is 0. The second-order valence-electron chi connectivity index (χ2n) is 4.83. The summed E-state index contributed by atoms with van der Waals surface area (Å²) in [6, 6.07) is 0. The highest BCUT2D eigenvalue weighted by Gasteiger charge is 2.43. The Morgan fingerprint density at radius 3 is 2.69 bits per heavy atom. The summed E-state index contributed by atoms with van der Waals surface area (Å²) in [6.07, 6.45) is 17.2. The van der Waals surface area contributed by atoms with E-state index in [2.05, 4.69) is 37.1 Å². The fourth-order valence-corrected chi connectivity index (χ4v) is 2.97. The van der Waals surface area contributed by atoms with E-state index in [1.165, 1.54) is 30.6 Å². The maximum Gasteiger partial charge on any atom is 0.0574 e. The molecular weight excluding hydrogens is 196 g/mol. The van der Waals surface area contributed by atoms with Gasteiger partial charge in [0.2, 0.25) is 0 Å². The van der Waals surface area contributed by atoms with Crippen molar-refractivity contribution in [3.05, 3.63) is 54.9 Å². The molecule has 0 spiro atoms. The molecule has 0 aromatic rings. The SMILES string of the molecule is OC1CCCCC1[C]1[CH][CH][C]2C=CC=C[C]21. The van der Waals surface area contributed by atoms with Crippen LogP contribution in [0.5, 0.6) is 0 Å². The van der Waals surface area contributed by atoms with Crippen LogP contribution in [0.15, 0.2) is 24.3 Å². The average molecular weight is 213 g/mol. The molecule has 83 valence electrons. The van der Waals surface area contributed by atoms with Crippen molar-refractivity contribution in [1.82, 2.24) is 0 Å². The van der Waals surface area contributed by atoms with Crippen molar-refractivity contribution in [2.45, 2.75) is 31.8 Å². The van der Waals surface area contributed by atoms with Crippen LogP contribution in [0.25, 0.3) is 0 Å². The van der Waals surface area contributed by atoms with E-state index in [-0.39, 0.29) is 6.10 Å². The Kier molecular flexibility index (Phi) is 2.89. The Morgan fingerprint density at radius 2 is 1.81 bits per heavy atom. The van der Waals surface area contributed by atoms with Gasteiger partial charge in [0, 0.05) is 11.8 Å². The van der Waals surface area contributed by atoms with Crippen LogP contribution in [0.4, 0.5) is 0 Å². The van der Waals surface area contributed by atoms with Gasteiger partial charge in [-0.1, -0.05) is 37.1 Å². The van der Waals surface area contributed by atoms with Crippen LogP contribution >= 0.6 is 0 Å². The van der Waals surface area contributed by atoms with Gasteiger partial charge < -0.3 is 5.11 Å². The lowest BCUT2D eigenvalue weighted by molar-refractivity contribution is 0.0797. The number of hydrogen-bond acceptors (Lipinski definition) is 1. The molecule has 0 heterocycles. The second kappa shape index (κ2) is 4.37. The van der Waals surface area contributed by atoms with E-state index in [1.54, 1.807) is 0 Å². The molecule has 1 heteroatoms. The maximum atomic E-state index is 10.1. The highest BCUT2D eigenvalue weighted by Crippen LogP contribution is 2.50. The van der Waals surface area contributed by atoms with Crippen molar-refractivity contribution >= 4 is 0 Å². The van der Waals surface area contributed by atoms with Crippen LogP contribution in [0.1, 0.15) is 25.7 Å². The van der Waals surface area contributed by atoms with Gasteiger partial charge in [-0.15, -0.1) is 0 Å². The number of hydrogen-bond donors (Lipinski definition) is 1. The summed E-state index contributed by atoms with van der Waals surface area (Å²) in [5.74, 6) is 4.33. The molecule has 16 heavy (non-hydrogen) atoms. The van der Waals surface area contributed by atoms with Gasteiger partial charge in [-0.25, -0.2) is 0 Å². The number of aliphatic hydroxyl groups excluding tert-OH is 1. The molecule has 2 unspecified atom stereocenters. The van der Waals surface area contributed by atoms with Gasteiger partial charge in [-0.3, -0.25) is 0 Å². The molecule has 5 radical (unpaired) electrons. The average Bonchev–Trinajstić information content (AvgIpc) is 2.74. The molecule has 2 saturated carbocycles. The zero-order chi connectivity index (χ0) is 11.0. The van der Waals surface area contributed by atoms with E-state index >= 15 is 0 Å². The monoisotopic (exact) mass is 213 g/mol. The molecule has 0 amide bonds. The molecule has 0 aromatic carbocycles. The summed E-state index contributed by atoms with van der Waals surface area (Å²) >= 11 is 0. The quantitative estimate of drug-likeness (QED) is 0.710. The molecule has 2 atom stereocenters. The predicted octanol–water partition coefficient (Wildman–Crippen LogP) is 2.81. The van der Waals surface area contributed by atoms with E-state index < -0.39 is 0 Å². The van der Waals surface area contributed by atoms with Crippen LogP contribution in [0, 0.1) is 36.5 Å². The molecule has 3 aliphatic carbocycles. The first-order chi connectivity index (χ1) is 7.86. The first-order valence-electron chi connectivity index (χ1n) is 6.18. The van der Waals surface area contributed by atoms with E-state index in [1.807, 2.05) is 0 Å². The van der Waals surface area contributed by atoms with Crippen molar-refractivity contribution in [3.8, 4) is 0 Å². The zero-order valence-electron chi connectivity index (χ0n) is 9.39. The van der Waals surface area contributed by atoms with Gasteiger partial charge in [0.25, 0.3) is 0 Å². The Hall–Kier alpha value is -0.560. The minimum absolute atomic E-state index is 0.139. The highest BCUT2D eigenvalue weighted by molar-refractivity contribution is 5.63. The smallest absolute Gasteiger partial charge is 0.0574 e. The molecule has 1 N–H and O–H groups in total. The van der Waals surface area contributed by atoms with Crippen molar-refractivity contribution < 1.29 is 5.11 Å². The van der Waals surface area contributed by atoms with Crippen molar-refractivity contribution in [2.24, 2.45) is 5.92 Å². The lowest BCUT2D eigenvalue weighted by Gasteiger charge is -2.34. The second-order valence-corrected chi connectivity index (χ2v) is 4.83. The summed E-state index contributed by atoms with van der Waals surface area (Å²) in [4.78, 5) is 0. The fourth-order valence-electron chi connectivity index (χ4n) is 2.97. The van der Waals surface area contributed by atoms with Gasteiger partial charge in [0.05, 0.1) is 6.10 Å². The summed E-state index contributed by atoms with van der Waals surface area (Å²) in [5, 5.41) is 10.1. The molecule has 2 fully saturated rings. The maximum absolute atomic E-state index is 10.1. The van der Waals surface area contributed by atoms with E-state index in [0.717, 1.165) is 12.8 Å². The number of allylic oxidation sites excluding steroid dienone is 4. The topological polar surface area (TPSA) is 20.2 Å². The van der Waals surface area contributed by atoms with Gasteiger partial charge in [0.15, 0.2) is 0 Å². The standard InChI is InChI=1S/C15H17O/c16-15-8-4-3-7-14(15)13-10-9-11-5-1-2-6-12(11)13/h1-2,5-6,9-10,14-16H,3-4,7-8H2. The zero-order valence-corrected chi connectivity index (χ0v) is 9.39. The summed E-state index contributed by atoms with van der Waals surface area (Å²) in [5.41, 5.74) is 0. The molecule has 1 nitrogen and oxygen atoms in total. The molecule has 0 aromatic heterocycles. The number of fused-ring (bicyclic) bond motifs is 1. The molecule has 0 saturated heterocycles. The first kappa shape index (κ1) is 10.6. The van der Waals surface area contributed by atoms with Crippen LogP contribution in [0.3, 0.4) is 0 Å². The van der Waals surface area contributed by atoms with Crippen LogP contribution < -0.4 is 0 Å². The predicted molar refractivity (Wildman–Crippen MR) is 64.6 cm³/mol. The lowest BCUT2D eigenvalue weighted by Crippen LogP contribution is -2.31. The Labute approximate surface area is 98.2 Å². The summed E-state index contributed by atoms with van der Waals surface area (Å²) in [6.45, 7) is 0. The van der Waals surface area contributed by atoms with Gasteiger partial charge in [-0.05, 0) is 37.5 Å². The van der Waals surface area contributed by atoms with Crippen molar-refractivity contribution in [2.75, 3.05) is 0 Å². The van der Waals surface area contributed by atoms with E-state index in [4.69, 9.17) is 0 Å². The van der Waals surface area contributed by atoms with E-state index in [0.29, 0.717) is 5.92 Å². The third-order valence-corrected chi connectivity index (χ3v) is 3.84. The highest BCUT2D eigenvalue weighted by atomic mass is 16.3.